The van der Waals surface area contributed by atoms with Gasteiger partial charge in [0.05, 0.1) is 11.1 Å². The maximum absolute atomic E-state index is 13.3. The SMILES string of the molecule is Cc1ccc(CNC(=O)c2ccc3c(c2)/C(=C/c2[nH]c(C)c(C(=O)N4CCN(C)CC4)c2C)C(=O)N3)cc1. The Morgan fingerprint density at radius 3 is 2.42 bits per heavy atom. The Labute approximate surface area is 222 Å². The van der Waals surface area contributed by atoms with Crippen LogP contribution in [0.25, 0.3) is 11.6 Å². The van der Waals surface area contributed by atoms with Gasteiger partial charge in [-0.2, -0.15) is 0 Å². The Hall–Kier alpha value is -4.17. The Morgan fingerprint density at radius 1 is 1.00 bits per heavy atom. The highest BCUT2D eigenvalue weighted by molar-refractivity contribution is 6.35. The van der Waals surface area contributed by atoms with Crippen LogP contribution in [0.2, 0.25) is 0 Å². The van der Waals surface area contributed by atoms with Crippen LogP contribution in [0, 0.1) is 20.8 Å². The molecule has 0 aliphatic carbocycles. The van der Waals surface area contributed by atoms with Gasteiger partial charge in [-0.1, -0.05) is 29.8 Å². The summed E-state index contributed by atoms with van der Waals surface area (Å²) in [6.07, 6.45) is 1.78. The molecular formula is C30H33N5O3. The monoisotopic (exact) mass is 511 g/mol. The second-order valence-corrected chi connectivity index (χ2v) is 10.2. The first-order valence-electron chi connectivity index (χ1n) is 12.9. The van der Waals surface area contributed by atoms with Gasteiger partial charge in [0, 0.05) is 60.9 Å². The summed E-state index contributed by atoms with van der Waals surface area (Å²) in [7, 11) is 2.06. The Kier molecular flexibility index (Phi) is 6.91. The highest BCUT2D eigenvalue weighted by Crippen LogP contribution is 2.35. The second kappa shape index (κ2) is 10.3. The zero-order chi connectivity index (χ0) is 27.0. The van der Waals surface area contributed by atoms with E-state index in [0.717, 1.165) is 29.9 Å². The molecule has 0 spiro atoms. The van der Waals surface area contributed by atoms with Crippen LogP contribution in [0.1, 0.15) is 54.4 Å². The molecule has 0 unspecified atom stereocenters. The number of fused-ring (bicyclic) bond motifs is 1. The van der Waals surface area contributed by atoms with Gasteiger partial charge in [-0.05, 0) is 63.2 Å². The molecule has 8 heteroatoms. The summed E-state index contributed by atoms with van der Waals surface area (Å²) in [6, 6.07) is 13.2. The Balaban J connectivity index is 1.38. The fourth-order valence-electron chi connectivity index (χ4n) is 5.01. The highest BCUT2D eigenvalue weighted by atomic mass is 16.2. The second-order valence-electron chi connectivity index (χ2n) is 10.2. The zero-order valence-corrected chi connectivity index (χ0v) is 22.3. The number of aromatic nitrogens is 1. The molecule has 8 nitrogen and oxygen atoms in total. The van der Waals surface area contributed by atoms with Gasteiger partial charge in [0.1, 0.15) is 0 Å². The third-order valence-corrected chi connectivity index (χ3v) is 7.41. The molecular weight excluding hydrogens is 478 g/mol. The van der Waals surface area contributed by atoms with Crippen LogP contribution in [0.4, 0.5) is 5.69 Å². The lowest BCUT2D eigenvalue weighted by molar-refractivity contribution is -0.110. The van der Waals surface area contributed by atoms with Crippen molar-refractivity contribution in [2.45, 2.75) is 27.3 Å². The van der Waals surface area contributed by atoms with E-state index in [-0.39, 0.29) is 17.7 Å². The molecule has 0 bridgehead atoms. The van der Waals surface area contributed by atoms with E-state index in [2.05, 4.69) is 27.6 Å². The van der Waals surface area contributed by atoms with Gasteiger partial charge >= 0.3 is 0 Å². The smallest absolute Gasteiger partial charge is 0.256 e. The number of rotatable bonds is 5. The fraction of sp³-hybridized carbons (Fsp3) is 0.300. The minimum Gasteiger partial charge on any atom is -0.358 e. The maximum atomic E-state index is 13.3. The van der Waals surface area contributed by atoms with E-state index < -0.39 is 0 Å². The summed E-state index contributed by atoms with van der Waals surface area (Å²) in [5, 5.41) is 5.84. The van der Waals surface area contributed by atoms with Crippen molar-refractivity contribution < 1.29 is 14.4 Å². The topological polar surface area (TPSA) is 97.5 Å². The third-order valence-electron chi connectivity index (χ3n) is 7.41. The van der Waals surface area contributed by atoms with Crippen molar-refractivity contribution in [1.29, 1.82) is 0 Å². The van der Waals surface area contributed by atoms with E-state index in [1.54, 1.807) is 24.3 Å². The quantitative estimate of drug-likeness (QED) is 0.455. The van der Waals surface area contributed by atoms with Gasteiger partial charge in [0.25, 0.3) is 17.7 Å². The van der Waals surface area contributed by atoms with E-state index in [1.807, 2.05) is 49.9 Å². The Morgan fingerprint density at radius 2 is 1.71 bits per heavy atom. The minimum atomic E-state index is -0.240. The van der Waals surface area contributed by atoms with Gasteiger partial charge in [-0.3, -0.25) is 14.4 Å². The van der Waals surface area contributed by atoms with E-state index in [1.165, 1.54) is 5.56 Å². The lowest BCUT2D eigenvalue weighted by Crippen LogP contribution is -2.47. The number of likely N-dealkylation sites (N-methyl/N-ethyl adjacent to an activating group) is 1. The number of carbonyl (C=O) groups is 3. The standard InChI is InChI=1S/C30H33N5O3/c1-18-5-7-21(8-6-18)17-31-28(36)22-9-10-25-23(15-22)24(29(37)33-25)16-26-19(2)27(20(3)32-26)30(38)35-13-11-34(4)12-14-35/h5-10,15-16,32H,11-14,17H2,1-4H3,(H,31,36)(H,33,37)/b24-16-. The molecule has 1 aromatic heterocycles. The Bertz CT molecular complexity index is 1440. The molecule has 1 saturated heterocycles. The average molecular weight is 512 g/mol. The number of hydrogen-bond donors (Lipinski definition) is 3. The van der Waals surface area contributed by atoms with Crippen molar-refractivity contribution in [3.63, 3.8) is 0 Å². The highest BCUT2D eigenvalue weighted by Gasteiger charge is 2.28. The molecule has 3 amide bonds. The van der Waals surface area contributed by atoms with Crippen LogP contribution in [-0.2, 0) is 11.3 Å². The van der Waals surface area contributed by atoms with Crippen molar-refractivity contribution in [3.8, 4) is 0 Å². The molecule has 3 heterocycles. The first kappa shape index (κ1) is 25.5. The van der Waals surface area contributed by atoms with Gasteiger partial charge in [-0.25, -0.2) is 0 Å². The lowest BCUT2D eigenvalue weighted by Gasteiger charge is -2.32. The number of nitrogens with zero attached hydrogens (tertiary/aromatic N) is 2. The number of aromatic amines is 1. The van der Waals surface area contributed by atoms with Crippen LogP contribution in [0.5, 0.6) is 0 Å². The molecule has 0 saturated carbocycles. The molecule has 196 valence electrons. The van der Waals surface area contributed by atoms with Gasteiger partial charge in [-0.15, -0.1) is 0 Å². The lowest BCUT2D eigenvalue weighted by atomic mass is 10.0. The number of nitrogens with one attached hydrogen (secondary N) is 3. The number of carbonyl (C=O) groups excluding carboxylic acids is 3. The predicted molar refractivity (Wildman–Crippen MR) is 149 cm³/mol. The molecule has 0 atom stereocenters. The van der Waals surface area contributed by atoms with Crippen molar-refractivity contribution >= 4 is 35.1 Å². The normalized spacial score (nSPS) is 16.5. The molecule has 2 aliphatic heterocycles. The number of aryl methyl sites for hydroxylation is 2. The zero-order valence-electron chi connectivity index (χ0n) is 22.3. The largest absolute Gasteiger partial charge is 0.358 e. The summed E-state index contributed by atoms with van der Waals surface area (Å²) in [5.74, 6) is -0.437. The summed E-state index contributed by atoms with van der Waals surface area (Å²) in [6.45, 7) is 9.32. The first-order chi connectivity index (χ1) is 18.2. The number of benzene rings is 2. The van der Waals surface area contributed by atoms with Crippen molar-refractivity contribution in [2.24, 2.45) is 0 Å². The van der Waals surface area contributed by atoms with Crippen LogP contribution in [0.3, 0.4) is 0 Å². The van der Waals surface area contributed by atoms with Crippen LogP contribution in [0.15, 0.2) is 42.5 Å². The van der Waals surface area contributed by atoms with Crippen LogP contribution >= 0.6 is 0 Å². The molecule has 0 radical (unpaired) electrons. The van der Waals surface area contributed by atoms with Crippen molar-refractivity contribution in [2.75, 3.05) is 38.5 Å². The van der Waals surface area contributed by atoms with Gasteiger partial charge < -0.3 is 25.4 Å². The fourth-order valence-corrected chi connectivity index (χ4v) is 5.01. The average Bonchev–Trinajstić information content (AvgIpc) is 3.37. The van der Waals surface area contributed by atoms with E-state index >= 15 is 0 Å². The number of anilines is 1. The number of H-pyrrole nitrogens is 1. The summed E-state index contributed by atoms with van der Waals surface area (Å²) < 4.78 is 0. The van der Waals surface area contributed by atoms with Crippen LogP contribution in [-0.4, -0.2) is 65.7 Å². The number of hydrogen-bond acceptors (Lipinski definition) is 4. The molecule has 1 fully saturated rings. The molecule has 38 heavy (non-hydrogen) atoms. The van der Waals surface area contributed by atoms with Crippen molar-refractivity contribution in [3.05, 3.63) is 87.2 Å². The third kappa shape index (κ3) is 4.99. The molecule has 3 aromatic rings. The summed E-state index contributed by atoms with van der Waals surface area (Å²) >= 11 is 0. The predicted octanol–water partition coefficient (Wildman–Crippen LogP) is 3.75. The molecule has 2 aliphatic rings. The first-order valence-corrected chi connectivity index (χ1v) is 12.9. The van der Waals surface area contributed by atoms with Gasteiger partial charge in [0.2, 0.25) is 0 Å². The van der Waals surface area contributed by atoms with E-state index in [9.17, 15) is 14.4 Å². The molecule has 3 N–H and O–H groups in total. The van der Waals surface area contributed by atoms with Gasteiger partial charge in [0.15, 0.2) is 0 Å². The van der Waals surface area contributed by atoms with Crippen LogP contribution < -0.4 is 10.6 Å². The minimum absolute atomic E-state index is 0.0119. The van der Waals surface area contributed by atoms with E-state index in [4.69, 9.17) is 0 Å². The summed E-state index contributed by atoms with van der Waals surface area (Å²) in [4.78, 5) is 46.5. The van der Waals surface area contributed by atoms with E-state index in [0.29, 0.717) is 53.3 Å². The number of piperazine rings is 1. The molecule has 5 rings (SSSR count). The molecule has 2 aromatic carbocycles. The number of amides is 3. The van der Waals surface area contributed by atoms with Crippen molar-refractivity contribution in [1.82, 2.24) is 20.1 Å². The summed E-state index contributed by atoms with van der Waals surface area (Å²) in [5.41, 5.74) is 7.40. The maximum Gasteiger partial charge on any atom is 0.256 e.